The first-order chi connectivity index (χ1) is 11.4. The Kier molecular flexibility index (Phi) is 7.13. The summed E-state index contributed by atoms with van der Waals surface area (Å²) in [6.07, 6.45) is 0.681. The summed E-state index contributed by atoms with van der Waals surface area (Å²) >= 11 is 3.24. The first-order valence-electron chi connectivity index (χ1n) is 8.27. The molecule has 0 aliphatic carbocycles. The molecule has 1 aromatic rings. The smallest absolute Gasteiger partial charge is 0.242 e. The van der Waals surface area contributed by atoms with Gasteiger partial charge in [-0.25, -0.2) is 0 Å². The van der Waals surface area contributed by atoms with Crippen LogP contribution in [0.5, 0.6) is 0 Å². The summed E-state index contributed by atoms with van der Waals surface area (Å²) in [6.45, 7) is 5.57. The molecule has 0 bridgehead atoms. The quantitative estimate of drug-likeness (QED) is 0.765. The van der Waals surface area contributed by atoms with Crippen molar-refractivity contribution < 1.29 is 9.59 Å². The molecule has 134 valence electrons. The van der Waals surface area contributed by atoms with Gasteiger partial charge in [0.25, 0.3) is 0 Å². The molecule has 1 aliphatic heterocycles. The third-order valence-corrected chi connectivity index (χ3v) is 5.86. The van der Waals surface area contributed by atoms with Gasteiger partial charge in [0.05, 0.1) is 5.75 Å². The number of hydrogen-bond acceptors (Lipinski definition) is 5. The number of nitrogens with one attached hydrogen (secondary N) is 1. The van der Waals surface area contributed by atoms with Gasteiger partial charge in [-0.1, -0.05) is 13.8 Å². The molecule has 1 aliphatic rings. The largest absolute Gasteiger partial charge is 0.353 e. The van der Waals surface area contributed by atoms with E-state index in [1.165, 1.54) is 0 Å². The Labute approximate surface area is 152 Å². The predicted octanol–water partition coefficient (Wildman–Crippen LogP) is 2.41. The van der Waals surface area contributed by atoms with Crippen molar-refractivity contribution in [3.05, 3.63) is 22.4 Å². The van der Waals surface area contributed by atoms with Crippen LogP contribution in [0.3, 0.4) is 0 Å². The van der Waals surface area contributed by atoms with Gasteiger partial charge < -0.3 is 15.1 Å². The molecule has 2 amide bonds. The van der Waals surface area contributed by atoms with E-state index in [9.17, 15) is 9.59 Å². The zero-order chi connectivity index (χ0) is 17.7. The van der Waals surface area contributed by atoms with Crippen LogP contribution in [-0.4, -0.2) is 60.6 Å². The molecule has 7 heteroatoms. The van der Waals surface area contributed by atoms with Gasteiger partial charge in [-0.15, -0.1) is 11.8 Å². The van der Waals surface area contributed by atoms with Crippen LogP contribution in [0.1, 0.15) is 31.2 Å². The van der Waals surface area contributed by atoms with Gasteiger partial charge in [-0.3, -0.25) is 9.59 Å². The fourth-order valence-electron chi connectivity index (χ4n) is 2.76. The van der Waals surface area contributed by atoms with E-state index < -0.39 is 6.04 Å². The van der Waals surface area contributed by atoms with Crippen molar-refractivity contribution >= 4 is 34.9 Å². The molecule has 0 aromatic carbocycles. The maximum Gasteiger partial charge on any atom is 0.242 e. The summed E-state index contributed by atoms with van der Waals surface area (Å²) < 4.78 is 0. The van der Waals surface area contributed by atoms with Crippen LogP contribution < -0.4 is 5.32 Å². The Balaban J connectivity index is 2.15. The second kappa shape index (κ2) is 8.87. The zero-order valence-electron chi connectivity index (χ0n) is 14.8. The number of thiophene rings is 1. The lowest BCUT2D eigenvalue weighted by atomic mass is 10.0. The number of hydrogen-bond donors (Lipinski definition) is 1. The number of likely N-dealkylation sites (N-methyl/N-ethyl adjacent to an activating group) is 1. The van der Waals surface area contributed by atoms with Crippen molar-refractivity contribution in [1.29, 1.82) is 0 Å². The summed E-state index contributed by atoms with van der Waals surface area (Å²) in [5.74, 6) is 0.808. The second-order valence-corrected chi connectivity index (χ2v) is 8.61. The monoisotopic (exact) mass is 369 g/mol. The molecule has 0 unspecified atom stereocenters. The minimum atomic E-state index is -0.403. The van der Waals surface area contributed by atoms with E-state index in [1.54, 1.807) is 28.0 Å². The van der Waals surface area contributed by atoms with Crippen LogP contribution >= 0.6 is 23.1 Å². The Hall–Kier alpha value is -1.05. The highest BCUT2D eigenvalue weighted by atomic mass is 32.2. The third kappa shape index (κ3) is 4.97. The van der Waals surface area contributed by atoms with Crippen LogP contribution in [0.2, 0.25) is 0 Å². The van der Waals surface area contributed by atoms with Crippen molar-refractivity contribution in [3.8, 4) is 0 Å². The van der Waals surface area contributed by atoms with E-state index in [2.05, 4.69) is 24.5 Å². The van der Waals surface area contributed by atoms with Crippen molar-refractivity contribution in [2.24, 2.45) is 5.92 Å². The molecule has 0 saturated carbocycles. The molecule has 24 heavy (non-hydrogen) atoms. The van der Waals surface area contributed by atoms with Crippen LogP contribution in [-0.2, 0) is 9.59 Å². The topological polar surface area (TPSA) is 52.7 Å². The number of thioether (sulfide) groups is 1. The van der Waals surface area contributed by atoms with Gasteiger partial charge in [-0.05, 0) is 48.8 Å². The molecule has 2 atom stereocenters. The summed E-state index contributed by atoms with van der Waals surface area (Å²) in [6, 6.07) is 1.64. The van der Waals surface area contributed by atoms with E-state index >= 15 is 0 Å². The van der Waals surface area contributed by atoms with Crippen LogP contribution in [0.25, 0.3) is 0 Å². The van der Waals surface area contributed by atoms with Gasteiger partial charge in [0.15, 0.2) is 0 Å². The Morgan fingerprint density at radius 1 is 1.46 bits per heavy atom. The molecule has 0 radical (unpaired) electrons. The SMILES string of the molecule is CC(C)C[C@H](C(=O)NCCN(C)C)N1C(=O)CS[C@@H]1c1ccsc1. The van der Waals surface area contributed by atoms with Crippen molar-refractivity contribution in [1.82, 2.24) is 15.1 Å². The average molecular weight is 370 g/mol. The molecule has 0 spiro atoms. The van der Waals surface area contributed by atoms with Crippen LogP contribution in [0.4, 0.5) is 0 Å². The van der Waals surface area contributed by atoms with E-state index in [0.717, 1.165) is 12.1 Å². The molecule has 1 N–H and O–H groups in total. The van der Waals surface area contributed by atoms with E-state index in [0.29, 0.717) is 24.6 Å². The van der Waals surface area contributed by atoms with Gasteiger partial charge >= 0.3 is 0 Å². The fourth-order valence-corrected chi connectivity index (χ4v) is 4.74. The summed E-state index contributed by atoms with van der Waals surface area (Å²) in [5, 5.41) is 7.04. The predicted molar refractivity (Wildman–Crippen MR) is 101 cm³/mol. The molecule has 1 fully saturated rings. The average Bonchev–Trinajstić information content (AvgIpc) is 3.13. The van der Waals surface area contributed by atoms with Crippen molar-refractivity contribution in [2.45, 2.75) is 31.7 Å². The maximum atomic E-state index is 12.8. The molecule has 5 nitrogen and oxygen atoms in total. The zero-order valence-corrected chi connectivity index (χ0v) is 16.5. The Morgan fingerprint density at radius 2 is 2.21 bits per heavy atom. The van der Waals surface area contributed by atoms with Crippen molar-refractivity contribution in [3.63, 3.8) is 0 Å². The van der Waals surface area contributed by atoms with Gasteiger partial charge in [0, 0.05) is 13.1 Å². The highest BCUT2D eigenvalue weighted by Crippen LogP contribution is 2.41. The standard InChI is InChI=1S/C17H27N3O2S2/c1-12(2)9-14(16(22)18-6-7-19(3)4)20-15(21)11-24-17(20)13-5-8-23-10-13/h5,8,10,12,14,17H,6-7,9,11H2,1-4H3,(H,18,22)/t14-,17-/m1/s1. The minimum Gasteiger partial charge on any atom is -0.353 e. The molecular weight excluding hydrogens is 342 g/mol. The van der Waals surface area contributed by atoms with E-state index in [-0.39, 0.29) is 17.2 Å². The number of rotatable bonds is 8. The highest BCUT2D eigenvalue weighted by molar-refractivity contribution is 8.00. The Bertz CT molecular complexity index is 546. The first kappa shape index (κ1) is 19.3. The second-order valence-electron chi connectivity index (χ2n) is 6.76. The number of amides is 2. The van der Waals surface area contributed by atoms with E-state index in [4.69, 9.17) is 0 Å². The minimum absolute atomic E-state index is 0.0402. The third-order valence-electron chi connectivity index (χ3n) is 3.92. The summed E-state index contributed by atoms with van der Waals surface area (Å²) in [7, 11) is 3.95. The molecule has 1 aromatic heterocycles. The lowest BCUT2D eigenvalue weighted by Crippen LogP contribution is -2.50. The fraction of sp³-hybridized carbons (Fsp3) is 0.647. The lowest BCUT2D eigenvalue weighted by Gasteiger charge is -2.32. The summed E-state index contributed by atoms with van der Waals surface area (Å²) in [5.41, 5.74) is 1.12. The first-order valence-corrected chi connectivity index (χ1v) is 10.3. The van der Waals surface area contributed by atoms with Gasteiger partial charge in [-0.2, -0.15) is 11.3 Å². The summed E-state index contributed by atoms with van der Waals surface area (Å²) in [4.78, 5) is 29.1. The van der Waals surface area contributed by atoms with Crippen LogP contribution in [0.15, 0.2) is 16.8 Å². The van der Waals surface area contributed by atoms with Crippen molar-refractivity contribution in [2.75, 3.05) is 32.9 Å². The van der Waals surface area contributed by atoms with E-state index in [1.807, 2.05) is 30.4 Å². The molecule has 2 rings (SSSR count). The lowest BCUT2D eigenvalue weighted by molar-refractivity contribution is -0.139. The Morgan fingerprint density at radius 3 is 2.79 bits per heavy atom. The number of nitrogens with zero attached hydrogens (tertiary/aromatic N) is 2. The normalized spacial score (nSPS) is 19.3. The van der Waals surface area contributed by atoms with Crippen LogP contribution in [0, 0.1) is 5.92 Å². The number of carbonyl (C=O) groups excluding carboxylic acids is 2. The van der Waals surface area contributed by atoms with Gasteiger partial charge in [0.2, 0.25) is 11.8 Å². The molecule has 1 saturated heterocycles. The molecule has 2 heterocycles. The highest BCUT2D eigenvalue weighted by Gasteiger charge is 2.41. The molecular formula is C17H27N3O2S2. The number of carbonyl (C=O) groups is 2. The van der Waals surface area contributed by atoms with Gasteiger partial charge in [0.1, 0.15) is 11.4 Å². The maximum absolute atomic E-state index is 12.8.